The lowest BCUT2D eigenvalue weighted by atomic mass is 9.97. The number of ether oxygens (including phenoxy) is 1. The van der Waals surface area contributed by atoms with Crippen molar-refractivity contribution < 1.29 is 26.7 Å². The van der Waals surface area contributed by atoms with E-state index in [-0.39, 0.29) is 11.7 Å². The third kappa shape index (κ3) is 3.00. The molecule has 1 nitrogen and oxygen atoms in total. The van der Waals surface area contributed by atoms with Crippen LogP contribution in [0.2, 0.25) is 0 Å². The van der Waals surface area contributed by atoms with Crippen molar-refractivity contribution in [2.24, 2.45) is 5.92 Å². The third-order valence-corrected chi connectivity index (χ3v) is 5.40. The van der Waals surface area contributed by atoms with Crippen molar-refractivity contribution in [3.63, 3.8) is 0 Å². The monoisotopic (exact) mass is 434 g/mol. The Hall–Kier alpha value is -1.63. The summed E-state index contributed by atoms with van der Waals surface area (Å²) in [4.78, 5) is 0. The van der Waals surface area contributed by atoms with Crippen LogP contribution in [0.4, 0.5) is 22.0 Å². The first-order valence-corrected chi connectivity index (χ1v) is 8.96. The van der Waals surface area contributed by atoms with Crippen LogP contribution in [0.15, 0.2) is 10.5 Å². The van der Waals surface area contributed by atoms with Crippen LogP contribution in [0, 0.1) is 35.0 Å². The molecule has 1 unspecified atom stereocenters. The van der Waals surface area contributed by atoms with Crippen molar-refractivity contribution >= 4 is 15.9 Å². The third-order valence-electron chi connectivity index (χ3n) is 4.56. The van der Waals surface area contributed by atoms with Gasteiger partial charge in [-0.1, -0.05) is 26.8 Å². The van der Waals surface area contributed by atoms with E-state index in [1.807, 2.05) is 19.9 Å². The lowest BCUT2D eigenvalue weighted by Gasteiger charge is -2.19. The number of rotatable bonds is 3. The first kappa shape index (κ1) is 19.1. The van der Waals surface area contributed by atoms with E-state index in [2.05, 4.69) is 22.9 Å². The van der Waals surface area contributed by atoms with E-state index in [0.29, 0.717) is 16.0 Å². The first-order chi connectivity index (χ1) is 12.1. The minimum atomic E-state index is -2.21. The zero-order chi connectivity index (χ0) is 19.3. The average Bonchev–Trinajstić information content (AvgIpc) is 2.97. The summed E-state index contributed by atoms with van der Waals surface area (Å²) in [6, 6.07) is 1.88. The highest BCUT2D eigenvalue weighted by molar-refractivity contribution is 9.10. The molecule has 0 radical (unpaired) electrons. The van der Waals surface area contributed by atoms with Crippen LogP contribution in [0.3, 0.4) is 0 Å². The van der Waals surface area contributed by atoms with E-state index in [0.717, 1.165) is 24.0 Å². The summed E-state index contributed by atoms with van der Waals surface area (Å²) in [5.41, 5.74) is 2.66. The second-order valence-electron chi connectivity index (χ2n) is 6.92. The smallest absolute Gasteiger partial charge is 0.207 e. The van der Waals surface area contributed by atoms with Gasteiger partial charge >= 0.3 is 0 Å². The number of benzene rings is 2. The second kappa shape index (κ2) is 6.83. The van der Waals surface area contributed by atoms with E-state index in [1.54, 1.807) is 0 Å². The van der Waals surface area contributed by atoms with Gasteiger partial charge in [-0.05, 0) is 57.3 Å². The van der Waals surface area contributed by atoms with Crippen LogP contribution in [-0.2, 0) is 12.8 Å². The Balaban J connectivity index is 2.19. The molecule has 0 heterocycles. The van der Waals surface area contributed by atoms with Crippen molar-refractivity contribution in [3.05, 3.63) is 56.3 Å². The van der Waals surface area contributed by atoms with Crippen LogP contribution >= 0.6 is 15.9 Å². The Morgan fingerprint density at radius 3 is 2.00 bits per heavy atom. The molecular weight excluding hydrogens is 419 g/mol. The highest BCUT2D eigenvalue weighted by Gasteiger charge is 2.31. The van der Waals surface area contributed by atoms with Crippen molar-refractivity contribution in [2.75, 3.05) is 0 Å². The molecule has 1 atom stereocenters. The summed E-state index contributed by atoms with van der Waals surface area (Å²) in [7, 11) is 0. The Morgan fingerprint density at radius 1 is 0.923 bits per heavy atom. The summed E-state index contributed by atoms with van der Waals surface area (Å²) >= 11 is 3.41. The number of halogens is 6. The van der Waals surface area contributed by atoms with Gasteiger partial charge in [0.15, 0.2) is 0 Å². The summed E-state index contributed by atoms with van der Waals surface area (Å²) < 4.78 is 74.1. The van der Waals surface area contributed by atoms with Crippen molar-refractivity contribution in [1.82, 2.24) is 0 Å². The van der Waals surface area contributed by atoms with Gasteiger partial charge in [0.2, 0.25) is 34.8 Å². The Labute approximate surface area is 156 Å². The normalized spacial score (nSPS) is 16.3. The SMILES string of the molecule is CC1Cc2cc(C(C)C)c(Oc3c(F)c(F)c(F)c(F)c3F)c(Br)c2C1. The molecule has 140 valence electrons. The summed E-state index contributed by atoms with van der Waals surface area (Å²) in [5, 5.41) is 0. The van der Waals surface area contributed by atoms with Crippen LogP contribution in [0.25, 0.3) is 0 Å². The minimum absolute atomic E-state index is 0.0797. The molecule has 0 saturated heterocycles. The van der Waals surface area contributed by atoms with Crippen LogP contribution in [0.1, 0.15) is 43.4 Å². The molecule has 2 aromatic carbocycles. The molecule has 1 aliphatic rings. The van der Waals surface area contributed by atoms with Gasteiger partial charge in [0.25, 0.3) is 0 Å². The Morgan fingerprint density at radius 2 is 1.46 bits per heavy atom. The van der Waals surface area contributed by atoms with E-state index in [1.165, 1.54) is 0 Å². The van der Waals surface area contributed by atoms with E-state index in [9.17, 15) is 22.0 Å². The quantitative estimate of drug-likeness (QED) is 0.293. The topological polar surface area (TPSA) is 9.23 Å². The predicted octanol–water partition coefficient (Wildman–Crippen LogP) is 6.80. The molecule has 0 bridgehead atoms. The summed E-state index contributed by atoms with van der Waals surface area (Å²) in [6.07, 6.45) is 1.60. The second-order valence-corrected chi connectivity index (χ2v) is 7.71. The first-order valence-electron chi connectivity index (χ1n) is 8.16. The van der Waals surface area contributed by atoms with Gasteiger partial charge in [-0.2, -0.15) is 8.78 Å². The average molecular weight is 435 g/mol. The van der Waals surface area contributed by atoms with Gasteiger partial charge < -0.3 is 4.74 Å². The van der Waals surface area contributed by atoms with E-state index in [4.69, 9.17) is 4.74 Å². The molecule has 2 aromatic rings. The van der Waals surface area contributed by atoms with Crippen LogP contribution < -0.4 is 4.74 Å². The fourth-order valence-electron chi connectivity index (χ4n) is 3.25. The Bertz CT molecular complexity index is 865. The van der Waals surface area contributed by atoms with Crippen molar-refractivity contribution in [1.29, 1.82) is 0 Å². The molecule has 0 fully saturated rings. The van der Waals surface area contributed by atoms with Gasteiger partial charge in [0.05, 0.1) is 4.47 Å². The highest BCUT2D eigenvalue weighted by Crippen LogP contribution is 2.46. The number of hydrogen-bond donors (Lipinski definition) is 0. The molecule has 7 heteroatoms. The van der Waals surface area contributed by atoms with Crippen molar-refractivity contribution in [2.45, 2.75) is 39.5 Å². The minimum Gasteiger partial charge on any atom is -0.449 e. The van der Waals surface area contributed by atoms with Crippen LogP contribution in [0.5, 0.6) is 11.5 Å². The van der Waals surface area contributed by atoms with Gasteiger partial charge in [0.1, 0.15) is 5.75 Å². The van der Waals surface area contributed by atoms with E-state index < -0.39 is 34.8 Å². The lowest BCUT2D eigenvalue weighted by Crippen LogP contribution is -2.06. The highest BCUT2D eigenvalue weighted by atomic mass is 79.9. The standard InChI is InChI=1S/C19H16BrF5O/c1-7(2)10-6-9-4-8(3)5-11(9)12(20)18(10)26-19-16(24)14(22)13(21)15(23)17(19)25/h6-8H,4-5H2,1-3H3. The maximum Gasteiger partial charge on any atom is 0.207 e. The largest absolute Gasteiger partial charge is 0.449 e. The molecule has 0 spiro atoms. The molecule has 0 aliphatic heterocycles. The van der Waals surface area contributed by atoms with Crippen LogP contribution in [-0.4, -0.2) is 0 Å². The van der Waals surface area contributed by atoms with Crippen molar-refractivity contribution in [3.8, 4) is 11.5 Å². The maximum atomic E-state index is 14.0. The van der Waals surface area contributed by atoms with Gasteiger partial charge in [-0.15, -0.1) is 0 Å². The fraction of sp³-hybridized carbons (Fsp3) is 0.368. The molecule has 0 N–H and O–H groups in total. The maximum absolute atomic E-state index is 14.0. The van der Waals surface area contributed by atoms with E-state index >= 15 is 0 Å². The van der Waals surface area contributed by atoms with Gasteiger partial charge in [0, 0.05) is 0 Å². The predicted molar refractivity (Wildman–Crippen MR) is 91.1 cm³/mol. The number of fused-ring (bicyclic) bond motifs is 1. The summed E-state index contributed by atoms with van der Waals surface area (Å²) in [5.74, 6) is -11.2. The Kier molecular flexibility index (Phi) is 5.03. The molecule has 0 amide bonds. The fourth-order valence-corrected chi connectivity index (χ4v) is 3.98. The van der Waals surface area contributed by atoms with Gasteiger partial charge in [-0.3, -0.25) is 0 Å². The molecule has 0 aromatic heterocycles. The number of hydrogen-bond acceptors (Lipinski definition) is 1. The molecular formula is C19H16BrF5O. The summed E-state index contributed by atoms with van der Waals surface area (Å²) in [6.45, 7) is 5.79. The molecule has 3 rings (SSSR count). The zero-order valence-corrected chi connectivity index (χ0v) is 15.9. The molecule has 0 saturated carbocycles. The molecule has 1 aliphatic carbocycles. The molecule has 26 heavy (non-hydrogen) atoms. The lowest BCUT2D eigenvalue weighted by molar-refractivity contribution is 0.329. The van der Waals surface area contributed by atoms with Gasteiger partial charge in [-0.25, -0.2) is 13.2 Å². The zero-order valence-electron chi connectivity index (χ0n) is 14.3.